The zero-order chi connectivity index (χ0) is 13.7. The summed E-state index contributed by atoms with van der Waals surface area (Å²) < 4.78 is 0. The van der Waals surface area contributed by atoms with Crippen molar-refractivity contribution in [1.29, 1.82) is 0 Å². The normalized spacial score (nSPS) is 10.7. The Hall–Kier alpha value is -2.01. The minimum atomic E-state index is 0.797. The third-order valence-corrected chi connectivity index (χ3v) is 2.85. The molecule has 0 amide bonds. The standard InChI is InChI=1S/C14H19N5/c1-18(2)10-11-19(3)14-8-7-13(16-17-14)12-6-4-5-9-15-12/h4-9H,10-11H2,1-3H3. The van der Waals surface area contributed by atoms with Crippen LogP contribution < -0.4 is 4.90 Å². The number of likely N-dealkylation sites (N-methyl/N-ethyl adjacent to an activating group) is 2. The molecule has 0 unspecified atom stereocenters. The quantitative estimate of drug-likeness (QED) is 0.813. The van der Waals surface area contributed by atoms with Gasteiger partial charge in [-0.3, -0.25) is 4.98 Å². The molecular formula is C14H19N5. The van der Waals surface area contributed by atoms with Gasteiger partial charge in [0.05, 0.1) is 5.69 Å². The van der Waals surface area contributed by atoms with Crippen LogP contribution in [0.4, 0.5) is 5.82 Å². The lowest BCUT2D eigenvalue weighted by Gasteiger charge is -2.19. The molecule has 2 aromatic rings. The highest BCUT2D eigenvalue weighted by atomic mass is 15.3. The van der Waals surface area contributed by atoms with Crippen molar-refractivity contribution in [1.82, 2.24) is 20.1 Å². The molecule has 0 saturated heterocycles. The van der Waals surface area contributed by atoms with Gasteiger partial charge in [0, 0.05) is 26.3 Å². The maximum atomic E-state index is 4.26. The minimum absolute atomic E-state index is 0.797. The third-order valence-electron chi connectivity index (χ3n) is 2.85. The number of hydrogen-bond acceptors (Lipinski definition) is 5. The minimum Gasteiger partial charge on any atom is -0.357 e. The Balaban J connectivity index is 2.06. The lowest BCUT2D eigenvalue weighted by atomic mass is 10.2. The van der Waals surface area contributed by atoms with E-state index >= 15 is 0 Å². The van der Waals surface area contributed by atoms with Crippen LogP contribution in [0.5, 0.6) is 0 Å². The average molecular weight is 257 g/mol. The molecule has 0 atom stereocenters. The smallest absolute Gasteiger partial charge is 0.151 e. The van der Waals surface area contributed by atoms with Crippen molar-refractivity contribution in [3.8, 4) is 11.4 Å². The van der Waals surface area contributed by atoms with Gasteiger partial charge in [-0.1, -0.05) is 6.07 Å². The van der Waals surface area contributed by atoms with E-state index in [4.69, 9.17) is 0 Å². The van der Waals surface area contributed by atoms with Gasteiger partial charge in [0.2, 0.25) is 0 Å². The summed E-state index contributed by atoms with van der Waals surface area (Å²) in [5.41, 5.74) is 1.64. The number of rotatable bonds is 5. The lowest BCUT2D eigenvalue weighted by Crippen LogP contribution is -2.29. The van der Waals surface area contributed by atoms with Crippen LogP contribution in [-0.2, 0) is 0 Å². The van der Waals surface area contributed by atoms with E-state index < -0.39 is 0 Å². The van der Waals surface area contributed by atoms with E-state index in [0.29, 0.717) is 0 Å². The Labute approximate surface area is 113 Å². The maximum Gasteiger partial charge on any atom is 0.151 e. The number of pyridine rings is 1. The number of aromatic nitrogens is 3. The van der Waals surface area contributed by atoms with Gasteiger partial charge < -0.3 is 9.80 Å². The summed E-state index contributed by atoms with van der Waals surface area (Å²) in [6.07, 6.45) is 1.76. The Bertz CT molecular complexity index is 495. The fourth-order valence-electron chi connectivity index (χ4n) is 1.64. The number of hydrogen-bond donors (Lipinski definition) is 0. The van der Waals surface area contributed by atoms with Crippen molar-refractivity contribution in [3.05, 3.63) is 36.5 Å². The van der Waals surface area contributed by atoms with Gasteiger partial charge in [-0.2, -0.15) is 0 Å². The second-order valence-corrected chi connectivity index (χ2v) is 4.72. The highest BCUT2D eigenvalue weighted by molar-refractivity contribution is 5.54. The monoisotopic (exact) mass is 257 g/mol. The van der Waals surface area contributed by atoms with E-state index in [-0.39, 0.29) is 0 Å². The first-order valence-electron chi connectivity index (χ1n) is 6.28. The fourth-order valence-corrected chi connectivity index (χ4v) is 1.64. The van der Waals surface area contributed by atoms with E-state index in [1.807, 2.05) is 37.4 Å². The molecule has 0 aliphatic rings. The van der Waals surface area contributed by atoms with Crippen LogP contribution in [-0.4, -0.2) is 54.3 Å². The highest BCUT2D eigenvalue weighted by Gasteiger charge is 2.05. The first-order chi connectivity index (χ1) is 9.16. The molecule has 0 N–H and O–H groups in total. The van der Waals surface area contributed by atoms with Gasteiger partial charge in [0.1, 0.15) is 5.69 Å². The zero-order valence-corrected chi connectivity index (χ0v) is 11.6. The van der Waals surface area contributed by atoms with E-state index in [9.17, 15) is 0 Å². The van der Waals surface area contributed by atoms with E-state index in [2.05, 4.69) is 39.1 Å². The third kappa shape index (κ3) is 3.72. The molecule has 0 aromatic carbocycles. The van der Waals surface area contributed by atoms with Crippen LogP contribution in [0, 0.1) is 0 Å². The molecule has 100 valence electrons. The molecule has 0 fully saturated rings. The predicted octanol–water partition coefficient (Wildman–Crippen LogP) is 1.54. The summed E-state index contributed by atoms with van der Waals surface area (Å²) in [7, 11) is 6.14. The zero-order valence-electron chi connectivity index (χ0n) is 11.6. The van der Waals surface area contributed by atoms with Crippen LogP contribution in [0.15, 0.2) is 36.5 Å². The topological polar surface area (TPSA) is 45.2 Å². The van der Waals surface area contributed by atoms with E-state index in [1.54, 1.807) is 6.20 Å². The van der Waals surface area contributed by atoms with Crippen molar-refractivity contribution in [2.75, 3.05) is 39.1 Å². The lowest BCUT2D eigenvalue weighted by molar-refractivity contribution is 0.416. The fraction of sp³-hybridized carbons (Fsp3) is 0.357. The van der Waals surface area contributed by atoms with E-state index in [1.165, 1.54) is 0 Å². The van der Waals surface area contributed by atoms with Crippen molar-refractivity contribution in [2.24, 2.45) is 0 Å². The van der Waals surface area contributed by atoms with Crippen molar-refractivity contribution >= 4 is 5.82 Å². The summed E-state index contributed by atoms with van der Waals surface area (Å²) in [5, 5.41) is 8.48. The van der Waals surface area contributed by atoms with Gasteiger partial charge >= 0.3 is 0 Å². The average Bonchev–Trinajstić information content (AvgIpc) is 2.46. The number of nitrogens with zero attached hydrogens (tertiary/aromatic N) is 5. The van der Waals surface area contributed by atoms with Crippen LogP contribution in [0.25, 0.3) is 11.4 Å². The molecular weight excluding hydrogens is 238 g/mol. The predicted molar refractivity (Wildman–Crippen MR) is 77.1 cm³/mol. The SMILES string of the molecule is CN(C)CCN(C)c1ccc(-c2ccccn2)nn1. The molecule has 0 aliphatic heterocycles. The van der Waals surface area contributed by atoms with Crippen LogP contribution >= 0.6 is 0 Å². The Morgan fingerprint density at radius 2 is 1.74 bits per heavy atom. The molecule has 0 spiro atoms. The molecule has 2 heterocycles. The van der Waals surface area contributed by atoms with Gasteiger partial charge in [0.25, 0.3) is 0 Å². The van der Waals surface area contributed by atoms with Crippen LogP contribution in [0.1, 0.15) is 0 Å². The van der Waals surface area contributed by atoms with Crippen LogP contribution in [0.2, 0.25) is 0 Å². The van der Waals surface area contributed by atoms with Crippen LogP contribution in [0.3, 0.4) is 0 Å². The van der Waals surface area contributed by atoms with Gasteiger partial charge in [-0.05, 0) is 38.4 Å². The summed E-state index contributed by atoms with van der Waals surface area (Å²) in [6.45, 7) is 1.91. The summed E-state index contributed by atoms with van der Waals surface area (Å²) in [5.74, 6) is 0.876. The van der Waals surface area contributed by atoms with Gasteiger partial charge in [-0.25, -0.2) is 0 Å². The van der Waals surface area contributed by atoms with Gasteiger partial charge in [0.15, 0.2) is 5.82 Å². The van der Waals surface area contributed by atoms with Gasteiger partial charge in [-0.15, -0.1) is 10.2 Å². The highest BCUT2D eigenvalue weighted by Crippen LogP contribution is 2.15. The molecule has 19 heavy (non-hydrogen) atoms. The van der Waals surface area contributed by atoms with Crippen molar-refractivity contribution < 1.29 is 0 Å². The number of anilines is 1. The molecule has 5 heteroatoms. The first kappa shape index (κ1) is 13.4. The maximum absolute atomic E-state index is 4.26. The summed E-state index contributed by atoms with van der Waals surface area (Å²) >= 11 is 0. The first-order valence-corrected chi connectivity index (χ1v) is 6.28. The molecule has 2 rings (SSSR count). The molecule has 0 radical (unpaired) electrons. The molecule has 5 nitrogen and oxygen atoms in total. The molecule has 0 saturated carbocycles. The van der Waals surface area contributed by atoms with E-state index in [0.717, 1.165) is 30.3 Å². The molecule has 0 aliphatic carbocycles. The summed E-state index contributed by atoms with van der Waals surface area (Å²) in [6, 6.07) is 9.70. The Kier molecular flexibility index (Phi) is 4.41. The molecule has 2 aromatic heterocycles. The Morgan fingerprint density at radius 1 is 0.895 bits per heavy atom. The van der Waals surface area contributed by atoms with Crippen molar-refractivity contribution in [3.63, 3.8) is 0 Å². The second-order valence-electron chi connectivity index (χ2n) is 4.72. The Morgan fingerprint density at radius 3 is 2.32 bits per heavy atom. The summed E-state index contributed by atoms with van der Waals surface area (Å²) in [4.78, 5) is 8.50. The second kappa shape index (κ2) is 6.24. The molecule has 0 bridgehead atoms. The largest absolute Gasteiger partial charge is 0.357 e. The van der Waals surface area contributed by atoms with Crippen molar-refractivity contribution in [2.45, 2.75) is 0 Å².